The van der Waals surface area contributed by atoms with Crippen LogP contribution in [0.1, 0.15) is 30.5 Å². The summed E-state index contributed by atoms with van der Waals surface area (Å²) in [4.78, 5) is 0. The van der Waals surface area contributed by atoms with Gasteiger partial charge in [-0.2, -0.15) is 5.26 Å². The largest absolute Gasteiger partial charge is 0.489 e. The highest BCUT2D eigenvalue weighted by atomic mass is 16.5. The van der Waals surface area contributed by atoms with Crippen molar-refractivity contribution in [1.29, 1.82) is 5.26 Å². The van der Waals surface area contributed by atoms with Crippen molar-refractivity contribution in [1.82, 2.24) is 0 Å². The van der Waals surface area contributed by atoms with Crippen LogP contribution in [0.3, 0.4) is 0 Å². The molecule has 0 fully saturated rings. The van der Waals surface area contributed by atoms with Crippen molar-refractivity contribution in [3.63, 3.8) is 0 Å². The summed E-state index contributed by atoms with van der Waals surface area (Å²) in [5.41, 5.74) is 3.95. The Kier molecular flexibility index (Phi) is 4.13. The van der Waals surface area contributed by atoms with Gasteiger partial charge in [0.2, 0.25) is 0 Å². The third-order valence-corrected chi connectivity index (χ3v) is 2.31. The Bertz CT molecular complexity index is 425. The summed E-state index contributed by atoms with van der Waals surface area (Å²) in [6, 6.07) is 5.85. The molecule has 16 heavy (non-hydrogen) atoms. The molecule has 0 heterocycles. The predicted molar refractivity (Wildman–Crippen MR) is 65.6 cm³/mol. The SMILES string of the molecule is CC(C)=CCOc1c(C)cc(C#N)cc1C. The van der Waals surface area contributed by atoms with Crippen molar-refractivity contribution in [3.05, 3.63) is 40.5 Å². The fourth-order valence-corrected chi connectivity index (χ4v) is 1.53. The first-order valence-corrected chi connectivity index (χ1v) is 5.32. The summed E-state index contributed by atoms with van der Waals surface area (Å²) in [6.07, 6.45) is 2.04. The van der Waals surface area contributed by atoms with E-state index in [4.69, 9.17) is 10.00 Å². The molecule has 1 rings (SSSR count). The Morgan fingerprint density at radius 2 is 1.88 bits per heavy atom. The summed E-state index contributed by atoms with van der Waals surface area (Å²) >= 11 is 0. The highest BCUT2D eigenvalue weighted by molar-refractivity contribution is 5.47. The average Bonchev–Trinajstić information content (AvgIpc) is 2.21. The Morgan fingerprint density at radius 1 is 1.31 bits per heavy atom. The van der Waals surface area contributed by atoms with Gasteiger partial charge in [0.1, 0.15) is 12.4 Å². The molecule has 0 N–H and O–H groups in total. The van der Waals surface area contributed by atoms with E-state index < -0.39 is 0 Å². The van der Waals surface area contributed by atoms with Gasteiger partial charge in [0.05, 0.1) is 11.6 Å². The van der Waals surface area contributed by atoms with Crippen LogP contribution in [0.25, 0.3) is 0 Å². The van der Waals surface area contributed by atoms with E-state index in [0.717, 1.165) is 16.9 Å². The average molecular weight is 215 g/mol. The number of nitrogens with zero attached hydrogens (tertiary/aromatic N) is 1. The first kappa shape index (κ1) is 12.3. The number of aryl methyl sites for hydroxylation is 2. The molecular weight excluding hydrogens is 198 g/mol. The summed E-state index contributed by atoms with van der Waals surface area (Å²) in [6.45, 7) is 8.59. The van der Waals surface area contributed by atoms with Crippen molar-refractivity contribution in [3.8, 4) is 11.8 Å². The number of nitriles is 1. The number of rotatable bonds is 3. The highest BCUT2D eigenvalue weighted by Crippen LogP contribution is 2.24. The Morgan fingerprint density at radius 3 is 2.31 bits per heavy atom. The number of hydrogen-bond acceptors (Lipinski definition) is 2. The lowest BCUT2D eigenvalue weighted by Crippen LogP contribution is -1.99. The van der Waals surface area contributed by atoms with E-state index in [1.807, 2.05) is 45.9 Å². The van der Waals surface area contributed by atoms with Gasteiger partial charge in [-0.1, -0.05) is 5.57 Å². The Labute approximate surface area is 97.2 Å². The van der Waals surface area contributed by atoms with Gasteiger partial charge in [-0.15, -0.1) is 0 Å². The van der Waals surface area contributed by atoms with Crippen molar-refractivity contribution in [2.45, 2.75) is 27.7 Å². The van der Waals surface area contributed by atoms with Crippen molar-refractivity contribution < 1.29 is 4.74 Å². The number of benzene rings is 1. The van der Waals surface area contributed by atoms with Crippen LogP contribution < -0.4 is 4.74 Å². The van der Waals surface area contributed by atoms with Crippen LogP contribution in [0.2, 0.25) is 0 Å². The van der Waals surface area contributed by atoms with Crippen LogP contribution in [-0.4, -0.2) is 6.61 Å². The second-order valence-corrected chi connectivity index (χ2v) is 4.14. The van der Waals surface area contributed by atoms with Gasteiger partial charge in [-0.05, 0) is 57.0 Å². The molecule has 0 amide bonds. The van der Waals surface area contributed by atoms with E-state index >= 15 is 0 Å². The lowest BCUT2D eigenvalue weighted by Gasteiger charge is -2.11. The van der Waals surface area contributed by atoms with Crippen molar-refractivity contribution >= 4 is 0 Å². The Balaban J connectivity index is 2.89. The Hall–Kier alpha value is -1.75. The first-order chi connectivity index (χ1) is 7.54. The molecule has 0 aliphatic heterocycles. The minimum absolute atomic E-state index is 0.579. The lowest BCUT2D eigenvalue weighted by molar-refractivity contribution is 0.357. The van der Waals surface area contributed by atoms with E-state index in [1.54, 1.807) is 0 Å². The maximum atomic E-state index is 8.83. The zero-order chi connectivity index (χ0) is 12.1. The van der Waals surface area contributed by atoms with E-state index in [-0.39, 0.29) is 0 Å². The molecule has 1 aromatic carbocycles. The van der Waals surface area contributed by atoms with Gasteiger partial charge in [0.25, 0.3) is 0 Å². The minimum atomic E-state index is 0.579. The second kappa shape index (κ2) is 5.37. The van der Waals surface area contributed by atoms with Crippen LogP contribution in [0.4, 0.5) is 0 Å². The maximum Gasteiger partial charge on any atom is 0.125 e. The molecule has 0 aromatic heterocycles. The van der Waals surface area contributed by atoms with Crippen LogP contribution in [0, 0.1) is 25.2 Å². The topological polar surface area (TPSA) is 33.0 Å². The van der Waals surface area contributed by atoms with Crippen LogP contribution in [0.5, 0.6) is 5.75 Å². The molecule has 0 atom stereocenters. The fourth-order valence-electron chi connectivity index (χ4n) is 1.53. The fraction of sp³-hybridized carbons (Fsp3) is 0.357. The van der Waals surface area contributed by atoms with Crippen LogP contribution >= 0.6 is 0 Å². The first-order valence-electron chi connectivity index (χ1n) is 5.32. The molecule has 0 unspecified atom stereocenters. The van der Waals surface area contributed by atoms with Gasteiger partial charge in [-0.25, -0.2) is 0 Å². The summed E-state index contributed by atoms with van der Waals surface area (Å²) in [7, 11) is 0. The van der Waals surface area contributed by atoms with Gasteiger partial charge in [-0.3, -0.25) is 0 Å². The quantitative estimate of drug-likeness (QED) is 0.723. The monoisotopic (exact) mass is 215 g/mol. The molecule has 0 saturated carbocycles. The second-order valence-electron chi connectivity index (χ2n) is 4.14. The molecule has 84 valence electrons. The molecule has 0 saturated heterocycles. The van der Waals surface area contributed by atoms with Crippen LogP contribution in [0.15, 0.2) is 23.8 Å². The normalized spacial score (nSPS) is 9.44. The molecule has 0 aliphatic rings. The lowest BCUT2D eigenvalue weighted by atomic mass is 10.1. The van der Waals surface area contributed by atoms with Crippen molar-refractivity contribution in [2.24, 2.45) is 0 Å². The zero-order valence-electron chi connectivity index (χ0n) is 10.3. The zero-order valence-corrected chi connectivity index (χ0v) is 10.3. The molecule has 0 radical (unpaired) electrons. The van der Waals surface area contributed by atoms with E-state index in [1.165, 1.54) is 5.57 Å². The third-order valence-electron chi connectivity index (χ3n) is 2.31. The third kappa shape index (κ3) is 3.13. The minimum Gasteiger partial charge on any atom is -0.489 e. The van der Waals surface area contributed by atoms with E-state index in [2.05, 4.69) is 6.07 Å². The smallest absolute Gasteiger partial charge is 0.125 e. The summed E-state index contributed by atoms with van der Waals surface area (Å²) in [5, 5.41) is 8.83. The molecule has 0 bridgehead atoms. The van der Waals surface area contributed by atoms with Gasteiger partial charge < -0.3 is 4.74 Å². The number of hydrogen-bond donors (Lipinski definition) is 0. The van der Waals surface area contributed by atoms with E-state index in [9.17, 15) is 0 Å². The summed E-state index contributed by atoms with van der Waals surface area (Å²) < 4.78 is 5.69. The number of allylic oxidation sites excluding steroid dienone is 1. The molecule has 2 heteroatoms. The number of ether oxygens (including phenoxy) is 1. The molecule has 1 aromatic rings. The molecule has 2 nitrogen and oxygen atoms in total. The molecular formula is C14H17NO. The summed E-state index contributed by atoms with van der Waals surface area (Å²) in [5.74, 6) is 0.886. The van der Waals surface area contributed by atoms with Gasteiger partial charge in [0, 0.05) is 0 Å². The standard InChI is InChI=1S/C14H17NO/c1-10(2)5-6-16-14-11(3)7-13(9-15)8-12(14)4/h5,7-8H,6H2,1-4H3. The van der Waals surface area contributed by atoms with E-state index in [0.29, 0.717) is 12.2 Å². The van der Waals surface area contributed by atoms with Gasteiger partial charge in [0.15, 0.2) is 0 Å². The maximum absolute atomic E-state index is 8.83. The highest BCUT2D eigenvalue weighted by Gasteiger charge is 2.05. The van der Waals surface area contributed by atoms with Crippen LogP contribution in [-0.2, 0) is 0 Å². The van der Waals surface area contributed by atoms with Gasteiger partial charge >= 0.3 is 0 Å². The molecule has 0 aliphatic carbocycles. The van der Waals surface area contributed by atoms with Crippen molar-refractivity contribution in [2.75, 3.05) is 6.61 Å². The molecule has 0 spiro atoms. The predicted octanol–water partition coefficient (Wildman–Crippen LogP) is 3.52.